The van der Waals surface area contributed by atoms with Crippen molar-refractivity contribution >= 4 is 21.5 Å². The highest BCUT2D eigenvalue weighted by Gasteiger charge is 2.44. The average molecular weight is 421 g/mol. The van der Waals surface area contributed by atoms with Gasteiger partial charge in [-0.05, 0) is 34.3 Å². The Labute approximate surface area is 151 Å². The van der Waals surface area contributed by atoms with Gasteiger partial charge in [0.05, 0.1) is 11.6 Å². The first-order valence-corrected chi connectivity index (χ1v) is 8.48. The van der Waals surface area contributed by atoms with Gasteiger partial charge in [0.1, 0.15) is 17.2 Å². The molecule has 136 valence electrons. The molecule has 1 heterocycles. The smallest absolute Gasteiger partial charge is 0.422 e. The zero-order valence-electron chi connectivity index (χ0n) is 13.9. The number of allylic oxidation sites excluding steroid dienone is 5. The molecule has 3 nitrogen and oxygen atoms in total. The minimum atomic E-state index is -4.87. The summed E-state index contributed by atoms with van der Waals surface area (Å²) in [4.78, 5) is 8.23. The summed E-state index contributed by atoms with van der Waals surface area (Å²) >= 11 is 3.20. The summed E-state index contributed by atoms with van der Waals surface area (Å²) in [6.45, 7) is 3.30. The summed E-state index contributed by atoms with van der Waals surface area (Å²) in [5, 5.41) is 0. The average Bonchev–Trinajstić information content (AvgIpc) is 2.68. The van der Waals surface area contributed by atoms with Gasteiger partial charge in [0.15, 0.2) is 5.82 Å². The predicted octanol–water partition coefficient (Wildman–Crippen LogP) is 5.76. The second-order valence-electron chi connectivity index (χ2n) is 5.41. The molecule has 0 spiro atoms. The molecule has 8 heteroatoms. The molecular formula is C17H17BrF4N2O. The number of halogens is 5. The number of hydrogen-bond donors (Lipinski definition) is 0. The van der Waals surface area contributed by atoms with E-state index in [1.54, 1.807) is 19.9 Å². The molecule has 0 aliphatic heterocycles. The zero-order valence-corrected chi connectivity index (χ0v) is 15.5. The molecule has 1 aliphatic rings. The lowest BCUT2D eigenvalue weighted by atomic mass is 9.97. The van der Waals surface area contributed by atoms with Crippen LogP contribution in [0.3, 0.4) is 0 Å². The van der Waals surface area contributed by atoms with Crippen LogP contribution >= 0.6 is 15.9 Å². The fourth-order valence-corrected chi connectivity index (χ4v) is 2.97. The topological polar surface area (TPSA) is 35.0 Å². The van der Waals surface area contributed by atoms with Crippen LogP contribution in [-0.2, 0) is 4.74 Å². The van der Waals surface area contributed by atoms with Gasteiger partial charge in [-0.1, -0.05) is 19.9 Å². The number of ether oxygens (including phenoxy) is 1. The molecule has 0 aromatic carbocycles. The molecule has 2 rings (SSSR count). The van der Waals surface area contributed by atoms with Gasteiger partial charge in [-0.15, -0.1) is 0 Å². The van der Waals surface area contributed by atoms with Gasteiger partial charge < -0.3 is 4.74 Å². The minimum absolute atomic E-state index is 0.0596. The Bertz CT molecular complexity index is 736. The van der Waals surface area contributed by atoms with Gasteiger partial charge in [0, 0.05) is 23.9 Å². The molecule has 0 N–H and O–H groups in total. The largest absolute Gasteiger partial charge is 0.500 e. The standard InChI is InChI=1S/C17H17BrF4N2O/c1-4-9-6-12(16-23-7-10(18)8-24-16)11(5-2)14(19)13(15(9)25-3)17(20,21)22/h6-9H,4-5H2,1-3H3. The van der Waals surface area contributed by atoms with Gasteiger partial charge in [-0.25, -0.2) is 14.4 Å². The normalized spacial score (nSPS) is 19.0. The summed E-state index contributed by atoms with van der Waals surface area (Å²) in [6.07, 6.45) is -0.00538. The van der Waals surface area contributed by atoms with E-state index in [-0.39, 0.29) is 23.4 Å². The Hall–Kier alpha value is -1.70. The molecule has 0 saturated carbocycles. The Morgan fingerprint density at radius 1 is 1.20 bits per heavy atom. The zero-order chi connectivity index (χ0) is 18.8. The lowest BCUT2D eigenvalue weighted by Gasteiger charge is -2.19. The van der Waals surface area contributed by atoms with Crippen molar-refractivity contribution in [1.29, 1.82) is 0 Å². The third-order valence-electron chi connectivity index (χ3n) is 3.92. The van der Waals surface area contributed by atoms with Crippen molar-refractivity contribution in [3.63, 3.8) is 0 Å². The second kappa shape index (κ2) is 7.68. The van der Waals surface area contributed by atoms with Crippen LogP contribution in [0, 0.1) is 5.92 Å². The molecule has 1 aromatic rings. The molecule has 0 radical (unpaired) electrons. The first-order valence-electron chi connectivity index (χ1n) is 7.68. The molecule has 1 aliphatic carbocycles. The highest BCUT2D eigenvalue weighted by Crippen LogP contribution is 2.45. The van der Waals surface area contributed by atoms with Gasteiger partial charge in [0.25, 0.3) is 0 Å². The van der Waals surface area contributed by atoms with E-state index in [2.05, 4.69) is 25.9 Å². The Kier molecular flexibility index (Phi) is 6.03. The maximum Gasteiger partial charge on any atom is 0.422 e. The lowest BCUT2D eigenvalue weighted by Crippen LogP contribution is -2.19. The van der Waals surface area contributed by atoms with Gasteiger partial charge in [-0.2, -0.15) is 13.2 Å². The Morgan fingerprint density at radius 2 is 1.80 bits per heavy atom. The number of nitrogens with zero attached hydrogens (tertiary/aromatic N) is 2. The third kappa shape index (κ3) is 3.94. The van der Waals surface area contributed by atoms with Gasteiger partial charge in [-0.3, -0.25) is 0 Å². The molecule has 1 atom stereocenters. The number of rotatable bonds is 4. The molecule has 0 bridgehead atoms. The van der Waals surface area contributed by atoms with Crippen molar-refractivity contribution in [3.8, 4) is 0 Å². The van der Waals surface area contributed by atoms with E-state index >= 15 is 0 Å². The van der Waals surface area contributed by atoms with E-state index in [1.807, 2.05) is 0 Å². The lowest BCUT2D eigenvalue weighted by molar-refractivity contribution is -0.0951. The van der Waals surface area contributed by atoms with Crippen molar-refractivity contribution in [2.75, 3.05) is 7.11 Å². The van der Waals surface area contributed by atoms with Crippen LogP contribution in [0.1, 0.15) is 32.5 Å². The van der Waals surface area contributed by atoms with Crippen LogP contribution in [-0.4, -0.2) is 23.3 Å². The van der Waals surface area contributed by atoms with Gasteiger partial charge in [0.2, 0.25) is 0 Å². The maximum absolute atomic E-state index is 14.9. The van der Waals surface area contributed by atoms with Crippen molar-refractivity contribution in [2.24, 2.45) is 5.92 Å². The van der Waals surface area contributed by atoms with Crippen molar-refractivity contribution < 1.29 is 22.3 Å². The maximum atomic E-state index is 14.9. The van der Waals surface area contributed by atoms with E-state index < -0.39 is 29.3 Å². The van der Waals surface area contributed by atoms with Gasteiger partial charge >= 0.3 is 6.18 Å². The summed E-state index contributed by atoms with van der Waals surface area (Å²) in [7, 11) is 1.12. The minimum Gasteiger partial charge on any atom is -0.500 e. The van der Waals surface area contributed by atoms with Crippen molar-refractivity contribution in [1.82, 2.24) is 9.97 Å². The van der Waals surface area contributed by atoms with Crippen LogP contribution in [0.15, 0.2) is 45.7 Å². The predicted molar refractivity (Wildman–Crippen MR) is 90.0 cm³/mol. The van der Waals surface area contributed by atoms with E-state index in [0.29, 0.717) is 10.9 Å². The molecule has 0 amide bonds. The summed E-state index contributed by atoms with van der Waals surface area (Å²) in [5.41, 5.74) is -1.18. The van der Waals surface area contributed by atoms with Crippen LogP contribution in [0.4, 0.5) is 17.6 Å². The Balaban J connectivity index is 2.78. The highest BCUT2D eigenvalue weighted by molar-refractivity contribution is 9.10. The fraction of sp³-hybridized carbons (Fsp3) is 0.412. The third-order valence-corrected chi connectivity index (χ3v) is 4.33. The van der Waals surface area contributed by atoms with Crippen LogP contribution in [0.2, 0.25) is 0 Å². The summed E-state index contributed by atoms with van der Waals surface area (Å²) in [5.74, 6) is -2.32. The second-order valence-corrected chi connectivity index (χ2v) is 6.32. The number of alkyl halides is 3. The number of methoxy groups -OCH3 is 1. The molecule has 1 aromatic heterocycles. The van der Waals surface area contributed by atoms with Crippen molar-refractivity contribution in [2.45, 2.75) is 32.9 Å². The van der Waals surface area contributed by atoms with Crippen molar-refractivity contribution in [3.05, 3.63) is 51.5 Å². The first kappa shape index (κ1) is 19.6. The van der Waals surface area contributed by atoms with E-state index in [9.17, 15) is 17.6 Å². The monoisotopic (exact) mass is 420 g/mol. The van der Waals surface area contributed by atoms with E-state index in [1.165, 1.54) is 12.4 Å². The summed E-state index contributed by atoms with van der Waals surface area (Å²) < 4.78 is 61.2. The molecular weight excluding hydrogens is 404 g/mol. The summed E-state index contributed by atoms with van der Waals surface area (Å²) in [6, 6.07) is 0. The van der Waals surface area contributed by atoms with E-state index in [0.717, 1.165) is 7.11 Å². The Morgan fingerprint density at radius 3 is 2.24 bits per heavy atom. The molecule has 25 heavy (non-hydrogen) atoms. The van der Waals surface area contributed by atoms with Crippen LogP contribution in [0.5, 0.6) is 0 Å². The van der Waals surface area contributed by atoms with Crippen LogP contribution in [0.25, 0.3) is 5.57 Å². The van der Waals surface area contributed by atoms with Crippen LogP contribution < -0.4 is 0 Å². The molecule has 0 saturated heterocycles. The molecule has 1 unspecified atom stereocenters. The first-order chi connectivity index (χ1) is 11.7. The highest BCUT2D eigenvalue weighted by atomic mass is 79.9. The molecule has 0 fully saturated rings. The quantitative estimate of drug-likeness (QED) is 0.580. The fourth-order valence-electron chi connectivity index (χ4n) is 2.77. The SMILES string of the molecule is CCC1=C(F)C(C(F)(F)F)=C(OC)C(CC)C=C1c1ncc(Br)cn1. The number of aromatic nitrogens is 2. The number of hydrogen-bond acceptors (Lipinski definition) is 3. The van der Waals surface area contributed by atoms with E-state index in [4.69, 9.17) is 4.74 Å².